The largest absolute Gasteiger partial charge is 0.481 e. The average molecular weight is 360 g/mol. The minimum Gasteiger partial charge on any atom is -0.481 e. The zero-order valence-electron chi connectivity index (χ0n) is 11.9. The first kappa shape index (κ1) is 16.4. The summed E-state index contributed by atoms with van der Waals surface area (Å²) in [6, 6.07) is 4.75. The van der Waals surface area contributed by atoms with Gasteiger partial charge in [0.05, 0.1) is 23.6 Å². The molecule has 0 spiro atoms. The van der Waals surface area contributed by atoms with Crippen molar-refractivity contribution in [1.82, 2.24) is 4.90 Å². The van der Waals surface area contributed by atoms with Crippen LogP contribution in [0.4, 0.5) is 4.39 Å². The van der Waals surface area contributed by atoms with E-state index in [1.807, 2.05) is 13.0 Å². The van der Waals surface area contributed by atoms with Crippen LogP contribution in [0.3, 0.4) is 0 Å². The van der Waals surface area contributed by atoms with Gasteiger partial charge in [0.1, 0.15) is 5.82 Å². The van der Waals surface area contributed by atoms with E-state index in [9.17, 15) is 14.3 Å². The predicted octanol–water partition coefficient (Wildman–Crippen LogP) is 2.90. The predicted molar refractivity (Wildman–Crippen MR) is 80.5 cm³/mol. The quantitative estimate of drug-likeness (QED) is 0.848. The molecule has 2 unspecified atom stereocenters. The first-order valence-electron chi connectivity index (χ1n) is 7.02. The van der Waals surface area contributed by atoms with Crippen LogP contribution in [0, 0.1) is 11.7 Å². The van der Waals surface area contributed by atoms with Crippen LogP contribution >= 0.6 is 15.9 Å². The number of halogens is 2. The van der Waals surface area contributed by atoms with Crippen LogP contribution in [-0.4, -0.2) is 41.8 Å². The zero-order valence-corrected chi connectivity index (χ0v) is 13.5. The number of ether oxygens (including phenoxy) is 1. The van der Waals surface area contributed by atoms with Gasteiger partial charge in [-0.25, -0.2) is 4.39 Å². The van der Waals surface area contributed by atoms with Crippen LogP contribution < -0.4 is 0 Å². The summed E-state index contributed by atoms with van der Waals surface area (Å²) in [7, 11) is 0. The smallest absolute Gasteiger partial charge is 0.310 e. The molecule has 21 heavy (non-hydrogen) atoms. The van der Waals surface area contributed by atoms with Crippen molar-refractivity contribution in [2.75, 3.05) is 19.8 Å². The number of nitrogens with zero attached hydrogens (tertiary/aromatic N) is 1. The summed E-state index contributed by atoms with van der Waals surface area (Å²) >= 11 is 3.26. The van der Waals surface area contributed by atoms with Crippen molar-refractivity contribution in [3.63, 3.8) is 0 Å². The number of hydrogen-bond donors (Lipinski definition) is 1. The molecule has 0 aliphatic carbocycles. The zero-order chi connectivity index (χ0) is 15.4. The molecule has 1 aliphatic heterocycles. The molecule has 1 fully saturated rings. The SMILES string of the molecule is CCCN(Cc1cccc(F)c1Br)C1COCC1C(=O)O. The van der Waals surface area contributed by atoms with E-state index in [0.29, 0.717) is 17.6 Å². The van der Waals surface area contributed by atoms with Gasteiger partial charge in [-0.1, -0.05) is 19.1 Å². The van der Waals surface area contributed by atoms with Crippen molar-refractivity contribution >= 4 is 21.9 Å². The number of hydrogen-bond acceptors (Lipinski definition) is 3. The fraction of sp³-hybridized carbons (Fsp3) is 0.533. The Hall–Kier alpha value is -0.980. The molecule has 0 aromatic heterocycles. The molecule has 2 atom stereocenters. The maximum absolute atomic E-state index is 13.6. The lowest BCUT2D eigenvalue weighted by molar-refractivity contribution is -0.143. The van der Waals surface area contributed by atoms with Gasteiger partial charge in [-0.2, -0.15) is 0 Å². The maximum atomic E-state index is 13.6. The topological polar surface area (TPSA) is 49.8 Å². The molecule has 4 nitrogen and oxygen atoms in total. The lowest BCUT2D eigenvalue weighted by atomic mass is 10.0. The summed E-state index contributed by atoms with van der Waals surface area (Å²) in [6.45, 7) is 3.94. The lowest BCUT2D eigenvalue weighted by Crippen LogP contribution is -2.43. The molecule has 0 amide bonds. The number of aliphatic carboxylic acids is 1. The summed E-state index contributed by atoms with van der Waals surface area (Å²) in [5, 5.41) is 9.29. The summed E-state index contributed by atoms with van der Waals surface area (Å²) in [4.78, 5) is 13.4. The summed E-state index contributed by atoms with van der Waals surface area (Å²) in [6.07, 6.45) is 0.899. The van der Waals surface area contributed by atoms with Crippen molar-refractivity contribution in [1.29, 1.82) is 0 Å². The van der Waals surface area contributed by atoms with Crippen LogP contribution in [0.5, 0.6) is 0 Å². The average Bonchev–Trinajstić information content (AvgIpc) is 2.92. The molecule has 1 aromatic carbocycles. The van der Waals surface area contributed by atoms with E-state index in [2.05, 4.69) is 20.8 Å². The fourth-order valence-electron chi connectivity index (χ4n) is 2.68. The van der Waals surface area contributed by atoms with Crippen LogP contribution in [0.15, 0.2) is 22.7 Å². The Kier molecular flexibility index (Phi) is 5.72. The van der Waals surface area contributed by atoms with Gasteiger partial charge in [0, 0.05) is 12.6 Å². The van der Waals surface area contributed by atoms with Crippen molar-refractivity contribution in [2.24, 2.45) is 5.92 Å². The molecular formula is C15H19BrFNO3. The minimum absolute atomic E-state index is 0.169. The molecule has 1 aliphatic rings. The summed E-state index contributed by atoms with van der Waals surface area (Å²) in [5.41, 5.74) is 0.819. The van der Waals surface area contributed by atoms with Crippen molar-refractivity contribution in [2.45, 2.75) is 25.9 Å². The van der Waals surface area contributed by atoms with Gasteiger partial charge >= 0.3 is 5.97 Å². The molecule has 6 heteroatoms. The highest BCUT2D eigenvalue weighted by Crippen LogP contribution is 2.26. The molecule has 2 rings (SSSR count). The Bertz CT molecular complexity index is 512. The molecule has 1 heterocycles. The first-order valence-corrected chi connectivity index (χ1v) is 7.81. The molecule has 0 radical (unpaired) electrons. The molecule has 1 aromatic rings. The third kappa shape index (κ3) is 3.81. The van der Waals surface area contributed by atoms with E-state index in [4.69, 9.17) is 4.74 Å². The van der Waals surface area contributed by atoms with Crippen molar-refractivity contribution < 1.29 is 19.0 Å². The van der Waals surface area contributed by atoms with E-state index >= 15 is 0 Å². The second-order valence-electron chi connectivity index (χ2n) is 5.23. The maximum Gasteiger partial charge on any atom is 0.310 e. The van der Waals surface area contributed by atoms with Gasteiger partial charge in [0.2, 0.25) is 0 Å². The Balaban J connectivity index is 2.19. The third-order valence-electron chi connectivity index (χ3n) is 3.75. The Labute approximate surface area is 132 Å². The number of benzene rings is 1. The van der Waals surface area contributed by atoms with E-state index in [1.165, 1.54) is 6.07 Å². The van der Waals surface area contributed by atoms with Crippen LogP contribution in [-0.2, 0) is 16.1 Å². The molecule has 0 bridgehead atoms. The summed E-state index contributed by atoms with van der Waals surface area (Å²) < 4.78 is 19.4. The van der Waals surface area contributed by atoms with Crippen molar-refractivity contribution in [3.05, 3.63) is 34.1 Å². The first-order chi connectivity index (χ1) is 10.0. The molecule has 0 saturated carbocycles. The second kappa shape index (κ2) is 7.33. The van der Waals surface area contributed by atoms with Gasteiger partial charge in [0.15, 0.2) is 0 Å². The van der Waals surface area contributed by atoms with Crippen molar-refractivity contribution in [3.8, 4) is 0 Å². The number of carbonyl (C=O) groups is 1. The van der Waals surface area contributed by atoms with E-state index < -0.39 is 11.9 Å². The summed E-state index contributed by atoms with van der Waals surface area (Å²) in [5.74, 6) is -1.66. The Morgan fingerprint density at radius 2 is 2.29 bits per heavy atom. The molecule has 116 valence electrons. The molecule has 1 N–H and O–H groups in total. The van der Waals surface area contributed by atoms with E-state index in [0.717, 1.165) is 18.5 Å². The normalized spacial score (nSPS) is 21.9. The second-order valence-corrected chi connectivity index (χ2v) is 6.03. The standard InChI is InChI=1S/C15H19BrFNO3/c1-2-6-18(13-9-21-8-11(13)15(19)20)7-10-4-3-5-12(17)14(10)16/h3-5,11,13H,2,6-9H2,1H3,(H,19,20). The van der Waals surface area contributed by atoms with Gasteiger partial charge in [-0.15, -0.1) is 0 Å². The van der Waals surface area contributed by atoms with Gasteiger partial charge in [0.25, 0.3) is 0 Å². The van der Waals surface area contributed by atoms with Gasteiger partial charge in [-0.05, 0) is 40.5 Å². The Morgan fingerprint density at radius 1 is 1.52 bits per heavy atom. The number of rotatable bonds is 6. The van der Waals surface area contributed by atoms with Crippen LogP contribution in [0.25, 0.3) is 0 Å². The minimum atomic E-state index is -0.836. The highest BCUT2D eigenvalue weighted by atomic mass is 79.9. The van der Waals surface area contributed by atoms with E-state index in [1.54, 1.807) is 6.07 Å². The number of carboxylic acid groups (broad SMARTS) is 1. The highest BCUT2D eigenvalue weighted by Gasteiger charge is 2.37. The van der Waals surface area contributed by atoms with Gasteiger partial charge < -0.3 is 9.84 Å². The highest BCUT2D eigenvalue weighted by molar-refractivity contribution is 9.10. The van der Waals surface area contributed by atoms with E-state index in [-0.39, 0.29) is 18.5 Å². The van der Waals surface area contributed by atoms with Gasteiger partial charge in [-0.3, -0.25) is 9.69 Å². The molecular weight excluding hydrogens is 341 g/mol. The monoisotopic (exact) mass is 359 g/mol. The fourth-order valence-corrected chi connectivity index (χ4v) is 3.07. The number of carboxylic acids is 1. The van der Waals surface area contributed by atoms with Crippen LogP contribution in [0.2, 0.25) is 0 Å². The van der Waals surface area contributed by atoms with Crippen LogP contribution in [0.1, 0.15) is 18.9 Å². The molecule has 1 saturated heterocycles. The third-order valence-corrected chi connectivity index (χ3v) is 4.64. The Morgan fingerprint density at radius 3 is 2.95 bits per heavy atom. The lowest BCUT2D eigenvalue weighted by Gasteiger charge is -2.30.